The summed E-state index contributed by atoms with van der Waals surface area (Å²) in [6.07, 6.45) is 17.8. The molecule has 0 spiro atoms. The molecule has 0 aromatic carbocycles. The molecule has 19 heavy (non-hydrogen) atoms. The van der Waals surface area contributed by atoms with Crippen LogP contribution in [-0.4, -0.2) is 36.6 Å². The first kappa shape index (κ1) is 13.9. The quantitative estimate of drug-likeness (QED) is 0.721. The zero-order valence-corrected chi connectivity index (χ0v) is 12.4. The summed E-state index contributed by atoms with van der Waals surface area (Å²) in [6.45, 7) is 3.61. The van der Waals surface area contributed by atoms with Crippen molar-refractivity contribution in [3.63, 3.8) is 0 Å². The normalized spacial score (nSPS) is 38.8. The molecule has 1 saturated carbocycles. The van der Waals surface area contributed by atoms with Crippen molar-refractivity contribution in [3.05, 3.63) is 6.42 Å². The lowest BCUT2D eigenvalue weighted by molar-refractivity contribution is 0.242. The summed E-state index contributed by atoms with van der Waals surface area (Å²) in [5.41, 5.74) is 0. The highest BCUT2D eigenvalue weighted by Gasteiger charge is 2.36. The highest BCUT2D eigenvalue weighted by Crippen LogP contribution is 2.35. The maximum atomic E-state index is 3.82. The lowest BCUT2D eigenvalue weighted by Crippen LogP contribution is -2.39. The molecule has 3 fully saturated rings. The van der Waals surface area contributed by atoms with Crippen molar-refractivity contribution in [2.45, 2.75) is 76.3 Å². The van der Waals surface area contributed by atoms with Crippen LogP contribution in [0.25, 0.3) is 0 Å². The summed E-state index contributed by atoms with van der Waals surface area (Å²) in [6, 6.07) is 1.60. The average Bonchev–Trinajstić information content (AvgIpc) is 3.01. The molecule has 0 amide bonds. The average molecular weight is 262 g/mol. The van der Waals surface area contributed by atoms with E-state index in [1.807, 2.05) is 0 Å². The van der Waals surface area contributed by atoms with Gasteiger partial charge < -0.3 is 5.32 Å². The Bertz CT molecular complexity index is 266. The van der Waals surface area contributed by atoms with E-state index in [0.717, 1.165) is 24.5 Å². The van der Waals surface area contributed by atoms with Gasteiger partial charge in [0.2, 0.25) is 0 Å². The van der Waals surface area contributed by atoms with E-state index in [2.05, 4.69) is 16.6 Å². The summed E-state index contributed by atoms with van der Waals surface area (Å²) in [5.74, 6) is 1.01. The number of hydrogen-bond donors (Lipinski definition) is 1. The molecule has 3 aliphatic rings. The highest BCUT2D eigenvalue weighted by molar-refractivity contribution is 4.96. The van der Waals surface area contributed by atoms with E-state index in [1.165, 1.54) is 77.3 Å². The molecule has 0 aromatic rings. The summed E-state index contributed by atoms with van der Waals surface area (Å²) >= 11 is 0. The first-order chi connectivity index (χ1) is 9.43. The Hall–Kier alpha value is -0.0800. The molecule has 1 N–H and O–H groups in total. The van der Waals surface area contributed by atoms with E-state index < -0.39 is 0 Å². The zero-order chi connectivity index (χ0) is 12.9. The molecular weight excluding hydrogens is 232 g/mol. The van der Waals surface area contributed by atoms with Gasteiger partial charge in [0.25, 0.3) is 0 Å². The third-order valence-electron chi connectivity index (χ3n) is 5.27. The molecule has 2 aliphatic heterocycles. The van der Waals surface area contributed by atoms with Gasteiger partial charge in [-0.25, -0.2) is 0 Å². The van der Waals surface area contributed by atoms with E-state index >= 15 is 0 Å². The van der Waals surface area contributed by atoms with Gasteiger partial charge in [0, 0.05) is 25.2 Å². The van der Waals surface area contributed by atoms with Crippen molar-refractivity contribution in [1.82, 2.24) is 10.2 Å². The fourth-order valence-corrected chi connectivity index (χ4v) is 3.81. The zero-order valence-electron chi connectivity index (χ0n) is 12.4. The van der Waals surface area contributed by atoms with E-state index in [1.54, 1.807) is 0 Å². The van der Waals surface area contributed by atoms with Crippen molar-refractivity contribution in [2.75, 3.05) is 19.6 Å². The Labute approximate surface area is 119 Å². The van der Waals surface area contributed by atoms with Crippen LogP contribution in [0.5, 0.6) is 0 Å². The van der Waals surface area contributed by atoms with Crippen LogP contribution in [0.3, 0.4) is 0 Å². The van der Waals surface area contributed by atoms with Crippen molar-refractivity contribution in [2.24, 2.45) is 5.92 Å². The molecule has 3 rings (SSSR count). The molecule has 1 aliphatic carbocycles. The Morgan fingerprint density at radius 3 is 2.63 bits per heavy atom. The highest BCUT2D eigenvalue weighted by atomic mass is 15.2. The fraction of sp³-hybridized carbons (Fsp3) is 0.941. The van der Waals surface area contributed by atoms with Gasteiger partial charge in [-0.3, -0.25) is 4.90 Å². The van der Waals surface area contributed by atoms with Crippen LogP contribution in [0.15, 0.2) is 0 Å². The van der Waals surface area contributed by atoms with Crippen molar-refractivity contribution >= 4 is 0 Å². The van der Waals surface area contributed by atoms with Gasteiger partial charge in [0.05, 0.1) is 0 Å². The minimum absolute atomic E-state index is 0.742. The van der Waals surface area contributed by atoms with Crippen molar-refractivity contribution < 1.29 is 0 Å². The molecule has 0 aromatic heterocycles. The second-order valence-corrected chi connectivity index (χ2v) is 6.85. The lowest BCUT2D eigenvalue weighted by atomic mass is 10.1. The molecule has 2 nitrogen and oxygen atoms in total. The smallest absolute Gasteiger partial charge is 0.0227 e. The van der Waals surface area contributed by atoms with Crippen LogP contribution in [0.2, 0.25) is 0 Å². The first-order valence-corrected chi connectivity index (χ1v) is 8.61. The predicted octanol–water partition coefficient (Wildman–Crippen LogP) is 3.25. The van der Waals surface area contributed by atoms with Crippen LogP contribution < -0.4 is 5.32 Å². The second kappa shape index (κ2) is 7.08. The molecule has 0 bridgehead atoms. The lowest BCUT2D eigenvalue weighted by Gasteiger charge is -2.24. The Kier molecular flexibility index (Phi) is 5.17. The SMILES string of the molecule is [C]1CC2CNC3CC3CCCCCCCCCN2C1. The Morgan fingerprint density at radius 2 is 1.74 bits per heavy atom. The van der Waals surface area contributed by atoms with Gasteiger partial charge in [-0.15, -0.1) is 0 Å². The summed E-state index contributed by atoms with van der Waals surface area (Å²) in [5, 5.41) is 3.82. The molecule has 2 radical (unpaired) electrons. The van der Waals surface area contributed by atoms with Gasteiger partial charge in [-0.05, 0) is 44.6 Å². The minimum atomic E-state index is 0.742. The van der Waals surface area contributed by atoms with E-state index in [-0.39, 0.29) is 0 Å². The fourth-order valence-electron chi connectivity index (χ4n) is 3.81. The third kappa shape index (κ3) is 4.19. The summed E-state index contributed by atoms with van der Waals surface area (Å²) in [7, 11) is 0. The van der Waals surface area contributed by atoms with Crippen LogP contribution in [0, 0.1) is 12.3 Å². The molecule has 2 saturated heterocycles. The summed E-state index contributed by atoms with van der Waals surface area (Å²) < 4.78 is 0. The number of nitrogens with zero attached hydrogens (tertiary/aromatic N) is 1. The minimum Gasteiger partial charge on any atom is -0.312 e. The van der Waals surface area contributed by atoms with Gasteiger partial charge >= 0.3 is 0 Å². The van der Waals surface area contributed by atoms with Crippen LogP contribution in [-0.2, 0) is 0 Å². The molecule has 2 heteroatoms. The third-order valence-corrected chi connectivity index (χ3v) is 5.27. The molecule has 3 atom stereocenters. The largest absolute Gasteiger partial charge is 0.312 e. The Balaban J connectivity index is 1.47. The first-order valence-electron chi connectivity index (χ1n) is 8.61. The van der Waals surface area contributed by atoms with Crippen LogP contribution in [0.4, 0.5) is 0 Å². The maximum Gasteiger partial charge on any atom is 0.0227 e. The van der Waals surface area contributed by atoms with Gasteiger partial charge in [-0.1, -0.05) is 38.5 Å². The number of fused-ring (bicyclic) bond motifs is 2. The molecule has 2 heterocycles. The number of hydrogen-bond acceptors (Lipinski definition) is 2. The van der Waals surface area contributed by atoms with Crippen molar-refractivity contribution in [3.8, 4) is 0 Å². The van der Waals surface area contributed by atoms with Crippen molar-refractivity contribution in [1.29, 1.82) is 0 Å². The standard InChI is InChI=1S/C17H30N2/c1-2-4-6-9-15-13-17(15)18-14-16-10-8-12-19(16)11-7-5-3-1/h15-18H,1-7,9-14H2. The van der Waals surface area contributed by atoms with Gasteiger partial charge in [0.15, 0.2) is 0 Å². The second-order valence-electron chi connectivity index (χ2n) is 6.85. The predicted molar refractivity (Wildman–Crippen MR) is 80.1 cm³/mol. The summed E-state index contributed by atoms with van der Waals surface area (Å²) in [4.78, 5) is 2.66. The number of nitrogens with one attached hydrogen (secondary N) is 1. The molecule has 108 valence electrons. The van der Waals surface area contributed by atoms with E-state index in [0.29, 0.717) is 0 Å². The Morgan fingerprint density at radius 1 is 0.947 bits per heavy atom. The van der Waals surface area contributed by atoms with Gasteiger partial charge in [0.1, 0.15) is 0 Å². The molecular formula is C17H30N2. The monoisotopic (exact) mass is 262 g/mol. The van der Waals surface area contributed by atoms with E-state index in [9.17, 15) is 0 Å². The van der Waals surface area contributed by atoms with Crippen LogP contribution in [0.1, 0.15) is 64.2 Å². The number of rotatable bonds is 0. The van der Waals surface area contributed by atoms with Crippen LogP contribution >= 0.6 is 0 Å². The van der Waals surface area contributed by atoms with E-state index in [4.69, 9.17) is 0 Å². The van der Waals surface area contributed by atoms with Gasteiger partial charge in [-0.2, -0.15) is 0 Å². The topological polar surface area (TPSA) is 15.3 Å². The molecule has 3 unspecified atom stereocenters. The maximum absolute atomic E-state index is 3.82.